The molecule has 5 rings (SSSR count). The molecular formula is C32H32N4O2. The van der Waals surface area contributed by atoms with Crippen LogP contribution in [-0.2, 0) is 0 Å². The van der Waals surface area contributed by atoms with Gasteiger partial charge < -0.3 is 9.80 Å². The zero-order chi connectivity index (χ0) is 26.5. The first-order valence-electron chi connectivity index (χ1n) is 13.0. The molecule has 0 aromatic heterocycles. The third-order valence-corrected chi connectivity index (χ3v) is 6.92. The lowest BCUT2D eigenvalue weighted by molar-refractivity contribution is 0.0882. The minimum atomic E-state index is -0.175. The molecule has 2 atom stereocenters. The fourth-order valence-corrected chi connectivity index (χ4v) is 4.96. The quantitative estimate of drug-likeness (QED) is 0.293. The van der Waals surface area contributed by atoms with Gasteiger partial charge in [-0.1, -0.05) is 72.8 Å². The zero-order valence-electron chi connectivity index (χ0n) is 21.7. The maximum Gasteiger partial charge on any atom is 0.329 e. The SMILES string of the molecule is C[C@@H]1CN(C(=O)N(c2ccccc2)c2ccccc2)[C@@H](C)CN1C(=O)N(c1ccccc1)c1ccccc1. The Kier molecular flexibility index (Phi) is 7.40. The maximum atomic E-state index is 14.0. The van der Waals surface area contributed by atoms with Gasteiger partial charge in [0.05, 0.1) is 22.7 Å². The molecule has 4 aromatic carbocycles. The molecule has 192 valence electrons. The van der Waals surface area contributed by atoms with Crippen molar-refractivity contribution in [1.29, 1.82) is 0 Å². The maximum absolute atomic E-state index is 14.0. The van der Waals surface area contributed by atoms with E-state index in [4.69, 9.17) is 0 Å². The molecule has 4 amide bonds. The molecule has 0 spiro atoms. The van der Waals surface area contributed by atoms with Crippen LogP contribution in [0.25, 0.3) is 0 Å². The molecule has 1 aliphatic rings. The summed E-state index contributed by atoms with van der Waals surface area (Å²) < 4.78 is 0. The van der Waals surface area contributed by atoms with Crippen molar-refractivity contribution in [3.63, 3.8) is 0 Å². The number of rotatable bonds is 4. The van der Waals surface area contributed by atoms with Crippen molar-refractivity contribution in [3.05, 3.63) is 121 Å². The van der Waals surface area contributed by atoms with E-state index in [0.29, 0.717) is 13.1 Å². The summed E-state index contributed by atoms with van der Waals surface area (Å²) in [5.41, 5.74) is 3.23. The van der Waals surface area contributed by atoms with Crippen LogP contribution in [-0.4, -0.2) is 47.0 Å². The average molecular weight is 505 g/mol. The predicted molar refractivity (Wildman–Crippen MR) is 153 cm³/mol. The molecule has 0 N–H and O–H groups in total. The highest BCUT2D eigenvalue weighted by Crippen LogP contribution is 2.31. The Labute approximate surface area is 224 Å². The lowest BCUT2D eigenvalue weighted by atomic mass is 10.1. The standard InChI is InChI=1S/C32H32N4O2/c1-25-23-34(32(38)36(29-19-11-5-12-20-29)30-21-13-6-14-22-30)26(2)24-33(25)31(37)35(27-15-7-3-8-16-27)28-17-9-4-10-18-28/h3-22,25-26H,23-24H2,1-2H3/t25-,26+. The second-order valence-corrected chi connectivity index (χ2v) is 9.58. The molecule has 0 bridgehead atoms. The minimum Gasteiger partial charge on any atom is -0.318 e. The number of amides is 4. The Morgan fingerprint density at radius 2 is 0.737 bits per heavy atom. The molecule has 1 heterocycles. The molecule has 0 radical (unpaired) electrons. The highest BCUT2D eigenvalue weighted by molar-refractivity contribution is 6.01. The average Bonchev–Trinajstić information content (AvgIpc) is 2.96. The van der Waals surface area contributed by atoms with Crippen molar-refractivity contribution in [2.24, 2.45) is 0 Å². The van der Waals surface area contributed by atoms with Crippen LogP contribution < -0.4 is 9.80 Å². The molecule has 1 saturated heterocycles. The van der Waals surface area contributed by atoms with Gasteiger partial charge in [-0.15, -0.1) is 0 Å². The first kappa shape index (κ1) is 25.1. The van der Waals surface area contributed by atoms with E-state index >= 15 is 0 Å². The minimum absolute atomic E-state index is 0.100. The number of benzene rings is 4. The van der Waals surface area contributed by atoms with Crippen molar-refractivity contribution < 1.29 is 9.59 Å². The molecule has 4 aromatic rings. The molecule has 0 saturated carbocycles. The van der Waals surface area contributed by atoms with Gasteiger partial charge in [0.15, 0.2) is 0 Å². The van der Waals surface area contributed by atoms with Crippen molar-refractivity contribution in [3.8, 4) is 0 Å². The summed E-state index contributed by atoms with van der Waals surface area (Å²) in [6, 6.07) is 38.2. The Balaban J connectivity index is 1.41. The van der Waals surface area contributed by atoms with E-state index in [1.54, 1.807) is 9.80 Å². The highest BCUT2D eigenvalue weighted by atomic mass is 16.2. The van der Waals surface area contributed by atoms with Gasteiger partial charge in [-0.25, -0.2) is 9.59 Å². The van der Waals surface area contributed by atoms with Gasteiger partial charge in [-0.3, -0.25) is 9.80 Å². The topological polar surface area (TPSA) is 47.1 Å². The summed E-state index contributed by atoms with van der Waals surface area (Å²) in [4.78, 5) is 35.4. The van der Waals surface area contributed by atoms with Crippen LogP contribution in [0.2, 0.25) is 0 Å². The van der Waals surface area contributed by atoms with E-state index in [2.05, 4.69) is 0 Å². The third kappa shape index (κ3) is 5.11. The first-order valence-corrected chi connectivity index (χ1v) is 13.0. The molecule has 0 unspecified atom stereocenters. The smallest absolute Gasteiger partial charge is 0.318 e. The van der Waals surface area contributed by atoms with Crippen LogP contribution in [0.15, 0.2) is 121 Å². The second-order valence-electron chi connectivity index (χ2n) is 9.58. The van der Waals surface area contributed by atoms with Crippen LogP contribution in [0.4, 0.5) is 32.3 Å². The zero-order valence-corrected chi connectivity index (χ0v) is 21.7. The number of carbonyl (C=O) groups excluding carboxylic acids is 2. The van der Waals surface area contributed by atoms with Crippen molar-refractivity contribution in [2.75, 3.05) is 22.9 Å². The largest absolute Gasteiger partial charge is 0.329 e. The van der Waals surface area contributed by atoms with Gasteiger partial charge in [0.25, 0.3) is 0 Å². The van der Waals surface area contributed by atoms with E-state index in [9.17, 15) is 9.59 Å². The van der Waals surface area contributed by atoms with E-state index in [-0.39, 0.29) is 24.1 Å². The lowest BCUT2D eigenvalue weighted by Crippen LogP contribution is -2.62. The molecule has 6 heteroatoms. The number of nitrogens with zero attached hydrogens (tertiary/aromatic N) is 4. The Bertz CT molecular complexity index is 1160. The Hall–Kier alpha value is -4.58. The van der Waals surface area contributed by atoms with Gasteiger partial charge in [-0.05, 0) is 62.4 Å². The monoisotopic (exact) mass is 504 g/mol. The van der Waals surface area contributed by atoms with E-state index < -0.39 is 0 Å². The Morgan fingerprint density at radius 1 is 0.500 bits per heavy atom. The summed E-state index contributed by atoms with van der Waals surface area (Å²) >= 11 is 0. The van der Waals surface area contributed by atoms with Crippen molar-refractivity contribution in [2.45, 2.75) is 25.9 Å². The van der Waals surface area contributed by atoms with Crippen LogP contribution in [0.1, 0.15) is 13.8 Å². The van der Waals surface area contributed by atoms with Crippen molar-refractivity contribution in [1.82, 2.24) is 9.80 Å². The second kappa shape index (κ2) is 11.2. The lowest BCUT2D eigenvalue weighted by Gasteiger charge is -2.46. The van der Waals surface area contributed by atoms with E-state index in [0.717, 1.165) is 22.7 Å². The molecule has 1 fully saturated rings. The number of urea groups is 2. The van der Waals surface area contributed by atoms with Crippen LogP contribution in [0.3, 0.4) is 0 Å². The highest BCUT2D eigenvalue weighted by Gasteiger charge is 2.39. The number of hydrogen-bond donors (Lipinski definition) is 0. The van der Waals surface area contributed by atoms with Crippen LogP contribution in [0.5, 0.6) is 0 Å². The van der Waals surface area contributed by atoms with Crippen LogP contribution >= 0.6 is 0 Å². The van der Waals surface area contributed by atoms with E-state index in [1.807, 2.05) is 145 Å². The van der Waals surface area contributed by atoms with Gasteiger partial charge >= 0.3 is 12.1 Å². The van der Waals surface area contributed by atoms with Crippen molar-refractivity contribution >= 4 is 34.8 Å². The number of piperazine rings is 1. The molecule has 38 heavy (non-hydrogen) atoms. The number of carbonyl (C=O) groups is 2. The summed E-state index contributed by atoms with van der Waals surface area (Å²) in [5.74, 6) is 0. The summed E-state index contributed by atoms with van der Waals surface area (Å²) in [7, 11) is 0. The number of anilines is 4. The fraction of sp³-hybridized carbons (Fsp3) is 0.188. The normalized spacial score (nSPS) is 17.1. The molecule has 0 aliphatic carbocycles. The Morgan fingerprint density at radius 3 is 0.974 bits per heavy atom. The number of para-hydroxylation sites is 4. The van der Waals surface area contributed by atoms with E-state index in [1.165, 1.54) is 0 Å². The van der Waals surface area contributed by atoms with Gasteiger partial charge in [0.2, 0.25) is 0 Å². The van der Waals surface area contributed by atoms with Gasteiger partial charge in [0, 0.05) is 25.2 Å². The summed E-state index contributed by atoms with van der Waals surface area (Å²) in [6.45, 7) is 4.87. The molecular weight excluding hydrogens is 472 g/mol. The van der Waals surface area contributed by atoms with Crippen LogP contribution in [0, 0.1) is 0 Å². The molecule has 1 aliphatic heterocycles. The van der Waals surface area contributed by atoms with Gasteiger partial charge in [0.1, 0.15) is 0 Å². The fourth-order valence-electron chi connectivity index (χ4n) is 4.96. The predicted octanol–water partition coefficient (Wildman–Crippen LogP) is 7.30. The molecule has 6 nitrogen and oxygen atoms in total. The first-order chi connectivity index (χ1) is 18.5. The third-order valence-electron chi connectivity index (χ3n) is 6.92. The summed E-state index contributed by atoms with van der Waals surface area (Å²) in [6.07, 6.45) is 0. The van der Waals surface area contributed by atoms with Gasteiger partial charge in [-0.2, -0.15) is 0 Å². The summed E-state index contributed by atoms with van der Waals surface area (Å²) in [5, 5.41) is 0. The number of hydrogen-bond acceptors (Lipinski definition) is 2.